The molecule has 0 radical (unpaired) electrons. The molecule has 0 unspecified atom stereocenters. The lowest BCUT2D eigenvalue weighted by atomic mass is 9.68. The molecule has 1 aliphatic carbocycles. The Morgan fingerprint density at radius 3 is 2.56 bits per heavy atom. The van der Waals surface area contributed by atoms with Gasteiger partial charge in [-0.15, -0.1) is 0 Å². The van der Waals surface area contributed by atoms with E-state index in [0.717, 1.165) is 12.3 Å². The molecule has 18 heavy (non-hydrogen) atoms. The zero-order valence-electron chi connectivity index (χ0n) is 12.0. The predicted molar refractivity (Wildman–Crippen MR) is 75.4 cm³/mol. The van der Waals surface area contributed by atoms with Gasteiger partial charge in [0.15, 0.2) is 0 Å². The minimum Gasteiger partial charge on any atom is -0.462 e. The van der Waals surface area contributed by atoms with Gasteiger partial charge in [-0.2, -0.15) is 0 Å². The zero-order chi connectivity index (χ0) is 13.4. The summed E-state index contributed by atoms with van der Waals surface area (Å²) in [5.41, 5.74) is 0.237. The van der Waals surface area contributed by atoms with Crippen LogP contribution in [0.15, 0.2) is 12.7 Å². The van der Waals surface area contributed by atoms with Crippen molar-refractivity contribution in [3.8, 4) is 0 Å². The van der Waals surface area contributed by atoms with Crippen molar-refractivity contribution in [2.75, 3.05) is 6.61 Å². The summed E-state index contributed by atoms with van der Waals surface area (Å²) in [7, 11) is 0. The molecule has 0 aromatic carbocycles. The van der Waals surface area contributed by atoms with E-state index in [-0.39, 0.29) is 11.4 Å². The first-order valence-corrected chi connectivity index (χ1v) is 7.45. The van der Waals surface area contributed by atoms with E-state index < -0.39 is 0 Å². The van der Waals surface area contributed by atoms with Crippen LogP contribution in [0.3, 0.4) is 0 Å². The van der Waals surface area contributed by atoms with E-state index in [4.69, 9.17) is 4.74 Å². The Bertz CT molecular complexity index is 262. The van der Waals surface area contributed by atoms with Gasteiger partial charge in [0, 0.05) is 11.5 Å². The first-order valence-electron chi connectivity index (χ1n) is 7.45. The van der Waals surface area contributed by atoms with Crippen LogP contribution in [0.4, 0.5) is 0 Å². The third-order valence-electron chi connectivity index (χ3n) is 4.57. The van der Waals surface area contributed by atoms with Gasteiger partial charge in [-0.25, -0.2) is 4.79 Å². The van der Waals surface area contributed by atoms with Crippen molar-refractivity contribution < 1.29 is 9.53 Å². The average molecular weight is 252 g/mol. The molecule has 0 aromatic heterocycles. The van der Waals surface area contributed by atoms with Crippen LogP contribution in [-0.2, 0) is 9.53 Å². The van der Waals surface area contributed by atoms with Crippen LogP contribution in [0.5, 0.6) is 0 Å². The molecule has 2 heteroatoms. The van der Waals surface area contributed by atoms with Crippen molar-refractivity contribution in [3.63, 3.8) is 0 Å². The van der Waals surface area contributed by atoms with Crippen LogP contribution in [0.2, 0.25) is 0 Å². The molecular weight excluding hydrogens is 224 g/mol. The summed E-state index contributed by atoms with van der Waals surface area (Å²) in [6.45, 7) is 8.50. The highest BCUT2D eigenvalue weighted by Crippen LogP contribution is 2.43. The standard InChI is InChI=1S/C16H28O2/c1-4-7-8-14-9-11-16(6-3,12-10-14)13-18-15(17)5-2/h5,14H,2,4,6-13H2,1,3H3. The largest absolute Gasteiger partial charge is 0.462 e. The lowest BCUT2D eigenvalue weighted by molar-refractivity contribution is -0.142. The molecule has 0 aliphatic heterocycles. The second-order valence-corrected chi connectivity index (χ2v) is 5.75. The van der Waals surface area contributed by atoms with E-state index >= 15 is 0 Å². The molecule has 0 heterocycles. The van der Waals surface area contributed by atoms with E-state index in [9.17, 15) is 4.79 Å². The number of esters is 1. The van der Waals surface area contributed by atoms with Gasteiger partial charge >= 0.3 is 5.97 Å². The molecule has 1 saturated carbocycles. The minimum absolute atomic E-state index is 0.237. The smallest absolute Gasteiger partial charge is 0.330 e. The number of hydrogen-bond acceptors (Lipinski definition) is 2. The zero-order valence-corrected chi connectivity index (χ0v) is 12.0. The fraction of sp³-hybridized carbons (Fsp3) is 0.812. The number of hydrogen-bond donors (Lipinski definition) is 0. The molecular formula is C16H28O2. The third-order valence-corrected chi connectivity index (χ3v) is 4.57. The van der Waals surface area contributed by atoms with Gasteiger partial charge in [0.2, 0.25) is 0 Å². The van der Waals surface area contributed by atoms with E-state index in [2.05, 4.69) is 20.4 Å². The van der Waals surface area contributed by atoms with Gasteiger partial charge in [0.1, 0.15) is 0 Å². The first kappa shape index (κ1) is 15.3. The average Bonchev–Trinajstić information content (AvgIpc) is 2.43. The Hall–Kier alpha value is -0.790. The monoisotopic (exact) mass is 252 g/mol. The molecule has 0 amide bonds. The Kier molecular flexibility index (Phi) is 6.45. The molecule has 0 aromatic rings. The SMILES string of the molecule is C=CC(=O)OCC1(CC)CCC(CCCC)CC1. The number of ether oxygens (including phenoxy) is 1. The van der Waals surface area contributed by atoms with Crippen molar-refractivity contribution in [2.45, 2.75) is 65.2 Å². The van der Waals surface area contributed by atoms with E-state index in [1.807, 2.05) is 0 Å². The Balaban J connectivity index is 2.39. The molecule has 104 valence electrons. The van der Waals surface area contributed by atoms with Crippen LogP contribution < -0.4 is 0 Å². The van der Waals surface area contributed by atoms with Gasteiger partial charge in [0.25, 0.3) is 0 Å². The van der Waals surface area contributed by atoms with Crippen LogP contribution in [0.1, 0.15) is 65.2 Å². The summed E-state index contributed by atoms with van der Waals surface area (Å²) < 4.78 is 5.28. The Morgan fingerprint density at radius 1 is 1.39 bits per heavy atom. The van der Waals surface area contributed by atoms with Crippen molar-refractivity contribution >= 4 is 5.97 Å². The van der Waals surface area contributed by atoms with Crippen LogP contribution in [-0.4, -0.2) is 12.6 Å². The number of carbonyl (C=O) groups excluding carboxylic acids is 1. The highest BCUT2D eigenvalue weighted by molar-refractivity contribution is 5.81. The summed E-state index contributed by atoms with van der Waals surface area (Å²) in [5, 5.41) is 0. The lowest BCUT2D eigenvalue weighted by Gasteiger charge is -2.39. The second kappa shape index (κ2) is 7.60. The molecule has 1 aliphatic rings. The highest BCUT2D eigenvalue weighted by atomic mass is 16.5. The Morgan fingerprint density at radius 2 is 2.06 bits per heavy atom. The molecule has 0 bridgehead atoms. The summed E-state index contributed by atoms with van der Waals surface area (Å²) in [5.74, 6) is 0.621. The number of unbranched alkanes of at least 4 members (excludes halogenated alkanes) is 1. The first-order chi connectivity index (χ1) is 8.65. The maximum Gasteiger partial charge on any atom is 0.330 e. The number of rotatable bonds is 7. The summed E-state index contributed by atoms with van der Waals surface area (Å²) in [6, 6.07) is 0. The second-order valence-electron chi connectivity index (χ2n) is 5.75. The maximum atomic E-state index is 11.2. The van der Waals surface area contributed by atoms with Crippen molar-refractivity contribution in [1.29, 1.82) is 0 Å². The highest BCUT2D eigenvalue weighted by Gasteiger charge is 2.34. The molecule has 0 spiro atoms. The molecule has 0 atom stereocenters. The Labute approximate surface area is 112 Å². The van der Waals surface area contributed by atoms with Gasteiger partial charge in [0.05, 0.1) is 6.61 Å². The minimum atomic E-state index is -0.282. The third kappa shape index (κ3) is 4.47. The maximum absolute atomic E-state index is 11.2. The van der Waals surface area contributed by atoms with Crippen LogP contribution in [0.25, 0.3) is 0 Å². The molecule has 0 N–H and O–H groups in total. The van der Waals surface area contributed by atoms with Crippen molar-refractivity contribution in [3.05, 3.63) is 12.7 Å². The van der Waals surface area contributed by atoms with Gasteiger partial charge in [-0.1, -0.05) is 39.7 Å². The van der Waals surface area contributed by atoms with Crippen LogP contribution in [0, 0.1) is 11.3 Å². The lowest BCUT2D eigenvalue weighted by Crippen LogP contribution is -2.32. The van der Waals surface area contributed by atoms with E-state index in [0.29, 0.717) is 6.61 Å². The van der Waals surface area contributed by atoms with E-state index in [1.54, 1.807) is 0 Å². The molecule has 1 rings (SSSR count). The topological polar surface area (TPSA) is 26.3 Å². The van der Waals surface area contributed by atoms with Crippen LogP contribution >= 0.6 is 0 Å². The van der Waals surface area contributed by atoms with Crippen molar-refractivity contribution in [1.82, 2.24) is 0 Å². The number of carbonyl (C=O) groups is 1. The van der Waals surface area contributed by atoms with Gasteiger partial charge in [-0.3, -0.25) is 0 Å². The van der Waals surface area contributed by atoms with Crippen molar-refractivity contribution in [2.24, 2.45) is 11.3 Å². The quantitative estimate of drug-likeness (QED) is 0.493. The molecule has 1 fully saturated rings. The molecule has 2 nitrogen and oxygen atoms in total. The van der Waals surface area contributed by atoms with Gasteiger partial charge < -0.3 is 4.74 Å². The van der Waals surface area contributed by atoms with Gasteiger partial charge in [-0.05, 0) is 38.0 Å². The fourth-order valence-corrected chi connectivity index (χ4v) is 2.95. The normalized spacial score (nSPS) is 27.8. The summed E-state index contributed by atoms with van der Waals surface area (Å²) in [6.07, 6.45) is 11.4. The summed E-state index contributed by atoms with van der Waals surface area (Å²) >= 11 is 0. The predicted octanol–water partition coefficient (Wildman–Crippen LogP) is 4.49. The van der Waals surface area contributed by atoms with E-state index in [1.165, 1.54) is 51.0 Å². The molecule has 0 saturated heterocycles. The fourth-order valence-electron chi connectivity index (χ4n) is 2.95. The summed E-state index contributed by atoms with van der Waals surface area (Å²) in [4.78, 5) is 11.2.